The van der Waals surface area contributed by atoms with Gasteiger partial charge in [-0.05, 0) is 30.5 Å². The van der Waals surface area contributed by atoms with E-state index < -0.39 is 0 Å². The second-order valence-electron chi connectivity index (χ2n) is 4.92. The lowest BCUT2D eigenvalue weighted by atomic mass is 10.1. The third-order valence-electron chi connectivity index (χ3n) is 2.74. The third kappa shape index (κ3) is 5.55. The predicted octanol–water partition coefficient (Wildman–Crippen LogP) is 2.81. The van der Waals surface area contributed by atoms with E-state index in [4.69, 9.17) is 0 Å². The first kappa shape index (κ1) is 15.2. The molecule has 1 rings (SSSR count). The van der Waals surface area contributed by atoms with E-state index in [1.165, 1.54) is 0 Å². The lowest BCUT2D eigenvalue weighted by molar-refractivity contribution is -0.115. The quantitative estimate of drug-likeness (QED) is 0.828. The second kappa shape index (κ2) is 7.56. The molecule has 1 aromatic carbocycles. The minimum atomic E-state index is -0.103. The Morgan fingerprint density at radius 3 is 2.63 bits per heavy atom. The summed E-state index contributed by atoms with van der Waals surface area (Å²) in [4.78, 5) is 23.2. The molecule has 4 heteroatoms. The smallest absolute Gasteiger partial charge is 0.251 e. The summed E-state index contributed by atoms with van der Waals surface area (Å²) < 4.78 is 0. The summed E-state index contributed by atoms with van der Waals surface area (Å²) in [6, 6.07) is 6.98. The Balaban J connectivity index is 2.60. The molecule has 104 valence electrons. The first-order chi connectivity index (χ1) is 9.02. The van der Waals surface area contributed by atoms with Crippen LogP contribution < -0.4 is 10.6 Å². The number of hydrogen-bond donors (Lipinski definition) is 2. The summed E-state index contributed by atoms with van der Waals surface area (Å²) in [7, 11) is 0. The summed E-state index contributed by atoms with van der Waals surface area (Å²) in [6.45, 7) is 6.69. The van der Waals surface area contributed by atoms with E-state index in [0.717, 1.165) is 6.42 Å². The van der Waals surface area contributed by atoms with Crippen LogP contribution in [0.3, 0.4) is 0 Å². The second-order valence-corrected chi connectivity index (χ2v) is 4.92. The van der Waals surface area contributed by atoms with Crippen LogP contribution in [0.2, 0.25) is 0 Å². The Labute approximate surface area is 114 Å². The van der Waals surface area contributed by atoms with E-state index in [0.29, 0.717) is 30.1 Å². The molecule has 2 amide bonds. The van der Waals surface area contributed by atoms with Gasteiger partial charge in [0.25, 0.3) is 5.91 Å². The van der Waals surface area contributed by atoms with Gasteiger partial charge in [0, 0.05) is 24.2 Å². The van der Waals surface area contributed by atoms with Gasteiger partial charge >= 0.3 is 0 Å². The zero-order chi connectivity index (χ0) is 14.3. The van der Waals surface area contributed by atoms with E-state index in [1.807, 2.05) is 0 Å². The molecule has 0 aliphatic rings. The Morgan fingerprint density at radius 1 is 1.26 bits per heavy atom. The van der Waals surface area contributed by atoms with Crippen LogP contribution in [0.4, 0.5) is 5.69 Å². The van der Waals surface area contributed by atoms with Crippen molar-refractivity contribution in [3.8, 4) is 0 Å². The lowest BCUT2D eigenvalue weighted by Crippen LogP contribution is -2.25. The van der Waals surface area contributed by atoms with Crippen molar-refractivity contribution in [1.82, 2.24) is 5.32 Å². The highest BCUT2D eigenvalue weighted by Gasteiger charge is 2.07. The summed E-state index contributed by atoms with van der Waals surface area (Å²) in [5.74, 6) is 0.404. The lowest BCUT2D eigenvalue weighted by Gasteiger charge is -2.09. The van der Waals surface area contributed by atoms with Crippen molar-refractivity contribution < 1.29 is 9.59 Å². The van der Waals surface area contributed by atoms with Crippen molar-refractivity contribution in [2.75, 3.05) is 11.9 Å². The highest BCUT2D eigenvalue weighted by molar-refractivity contribution is 5.97. The van der Waals surface area contributed by atoms with E-state index in [9.17, 15) is 9.59 Å². The van der Waals surface area contributed by atoms with Crippen LogP contribution in [0.1, 0.15) is 44.0 Å². The Kier molecular flexibility index (Phi) is 6.06. The van der Waals surface area contributed by atoms with Gasteiger partial charge in [-0.1, -0.05) is 26.8 Å². The number of nitrogens with one attached hydrogen (secondary N) is 2. The van der Waals surface area contributed by atoms with Crippen LogP contribution in [0.25, 0.3) is 0 Å². The minimum absolute atomic E-state index is 0.0580. The molecule has 2 N–H and O–H groups in total. The molecule has 0 fully saturated rings. The molecule has 0 atom stereocenters. The minimum Gasteiger partial charge on any atom is -0.352 e. The predicted molar refractivity (Wildman–Crippen MR) is 77.2 cm³/mol. The molecule has 0 bridgehead atoms. The van der Waals surface area contributed by atoms with Crippen molar-refractivity contribution in [3.05, 3.63) is 29.8 Å². The van der Waals surface area contributed by atoms with Crippen LogP contribution in [-0.2, 0) is 4.79 Å². The number of carbonyl (C=O) groups is 2. The number of hydrogen-bond acceptors (Lipinski definition) is 2. The maximum Gasteiger partial charge on any atom is 0.251 e. The van der Waals surface area contributed by atoms with Crippen molar-refractivity contribution in [2.45, 2.75) is 33.6 Å². The summed E-state index contributed by atoms with van der Waals surface area (Å²) >= 11 is 0. The first-order valence-electron chi connectivity index (χ1n) is 6.71. The van der Waals surface area contributed by atoms with Crippen LogP contribution >= 0.6 is 0 Å². The van der Waals surface area contributed by atoms with Crippen LogP contribution in [0.5, 0.6) is 0 Å². The van der Waals surface area contributed by atoms with Gasteiger partial charge in [-0.25, -0.2) is 0 Å². The summed E-state index contributed by atoms with van der Waals surface area (Å²) in [5, 5.41) is 5.62. The standard InChI is InChI=1S/C15H22N2O2/c1-4-14(18)17-13-7-5-6-12(10-13)15(19)16-9-8-11(2)3/h5-7,10-11H,4,8-9H2,1-3H3,(H,16,19)(H,17,18). The molecule has 0 heterocycles. The molecule has 4 nitrogen and oxygen atoms in total. The van der Waals surface area contributed by atoms with E-state index in [1.54, 1.807) is 31.2 Å². The number of anilines is 1. The van der Waals surface area contributed by atoms with E-state index in [2.05, 4.69) is 24.5 Å². The Morgan fingerprint density at radius 2 is 2.00 bits per heavy atom. The van der Waals surface area contributed by atoms with Gasteiger partial charge in [-0.3, -0.25) is 9.59 Å². The van der Waals surface area contributed by atoms with Crippen molar-refractivity contribution in [2.24, 2.45) is 5.92 Å². The highest BCUT2D eigenvalue weighted by atomic mass is 16.2. The normalized spacial score (nSPS) is 10.3. The topological polar surface area (TPSA) is 58.2 Å². The fourth-order valence-corrected chi connectivity index (χ4v) is 1.56. The number of amides is 2. The van der Waals surface area contributed by atoms with Gasteiger partial charge < -0.3 is 10.6 Å². The molecule has 0 saturated heterocycles. The SMILES string of the molecule is CCC(=O)Nc1cccc(C(=O)NCCC(C)C)c1. The monoisotopic (exact) mass is 262 g/mol. The highest BCUT2D eigenvalue weighted by Crippen LogP contribution is 2.11. The molecule has 0 unspecified atom stereocenters. The Hall–Kier alpha value is -1.84. The number of benzene rings is 1. The van der Waals surface area contributed by atoms with Gasteiger partial charge in [0.2, 0.25) is 5.91 Å². The molecule has 0 saturated carbocycles. The largest absolute Gasteiger partial charge is 0.352 e. The van der Waals surface area contributed by atoms with Crippen LogP contribution in [-0.4, -0.2) is 18.4 Å². The van der Waals surface area contributed by atoms with Crippen molar-refractivity contribution in [1.29, 1.82) is 0 Å². The zero-order valence-electron chi connectivity index (χ0n) is 11.8. The average molecular weight is 262 g/mol. The molecule has 0 aromatic heterocycles. The Bertz CT molecular complexity index is 442. The maximum atomic E-state index is 11.9. The molecule has 0 radical (unpaired) electrons. The number of rotatable bonds is 6. The fourth-order valence-electron chi connectivity index (χ4n) is 1.56. The molecular weight excluding hydrogens is 240 g/mol. The van der Waals surface area contributed by atoms with Gasteiger partial charge in [-0.15, -0.1) is 0 Å². The molecule has 19 heavy (non-hydrogen) atoms. The van der Waals surface area contributed by atoms with Gasteiger partial charge in [0.05, 0.1) is 0 Å². The summed E-state index contributed by atoms with van der Waals surface area (Å²) in [5.41, 5.74) is 1.22. The maximum absolute atomic E-state index is 11.9. The molecule has 0 aliphatic heterocycles. The van der Waals surface area contributed by atoms with Gasteiger partial charge in [0.1, 0.15) is 0 Å². The molecule has 0 spiro atoms. The fraction of sp³-hybridized carbons (Fsp3) is 0.467. The first-order valence-corrected chi connectivity index (χ1v) is 6.71. The number of carbonyl (C=O) groups excluding carboxylic acids is 2. The van der Waals surface area contributed by atoms with Crippen molar-refractivity contribution >= 4 is 17.5 Å². The molecule has 0 aliphatic carbocycles. The third-order valence-corrected chi connectivity index (χ3v) is 2.74. The molecule has 1 aromatic rings. The summed E-state index contributed by atoms with van der Waals surface area (Å²) in [6.07, 6.45) is 1.38. The van der Waals surface area contributed by atoms with Crippen LogP contribution in [0.15, 0.2) is 24.3 Å². The van der Waals surface area contributed by atoms with Crippen molar-refractivity contribution in [3.63, 3.8) is 0 Å². The van der Waals surface area contributed by atoms with E-state index >= 15 is 0 Å². The van der Waals surface area contributed by atoms with Gasteiger partial charge in [0.15, 0.2) is 0 Å². The van der Waals surface area contributed by atoms with Gasteiger partial charge in [-0.2, -0.15) is 0 Å². The molecular formula is C15H22N2O2. The average Bonchev–Trinajstić information content (AvgIpc) is 2.38. The zero-order valence-corrected chi connectivity index (χ0v) is 11.8. The van der Waals surface area contributed by atoms with Crippen LogP contribution in [0, 0.1) is 5.92 Å². The van der Waals surface area contributed by atoms with E-state index in [-0.39, 0.29) is 11.8 Å².